The zero-order valence-electron chi connectivity index (χ0n) is 26.3. The van der Waals surface area contributed by atoms with Crippen LogP contribution in [0.4, 0.5) is 17.1 Å². The number of hydrazine groups is 1. The van der Waals surface area contributed by atoms with Crippen molar-refractivity contribution in [1.29, 1.82) is 0 Å². The number of rotatable bonds is 18. The number of benzene rings is 3. The predicted molar refractivity (Wildman–Crippen MR) is 184 cm³/mol. The number of fused-ring (bicyclic) bond motifs is 2. The number of hydrogen-bond donors (Lipinski definition) is 3. The molecule has 1 atom stereocenters. The molecule has 0 aliphatic heterocycles. The topological polar surface area (TPSA) is 84.2 Å². The number of para-hydroxylation sites is 1. The Labute approximate surface area is 262 Å². The van der Waals surface area contributed by atoms with Crippen LogP contribution < -0.4 is 16.6 Å². The van der Waals surface area contributed by atoms with E-state index in [-0.39, 0.29) is 11.6 Å². The van der Waals surface area contributed by atoms with E-state index in [1.807, 2.05) is 23.9 Å². The molecule has 0 spiro atoms. The summed E-state index contributed by atoms with van der Waals surface area (Å²) in [5.41, 5.74) is 17.1. The summed E-state index contributed by atoms with van der Waals surface area (Å²) in [5.74, 6) is -0.333. The van der Waals surface area contributed by atoms with E-state index in [9.17, 15) is 9.59 Å². The van der Waals surface area contributed by atoms with Gasteiger partial charge in [0.25, 0.3) is 0 Å². The van der Waals surface area contributed by atoms with Crippen LogP contribution >= 0.6 is 11.8 Å². The third-order valence-corrected chi connectivity index (χ3v) is 10.1. The predicted octanol–water partition coefficient (Wildman–Crippen LogP) is 10.4. The van der Waals surface area contributed by atoms with E-state index in [0.717, 1.165) is 17.0 Å². The van der Waals surface area contributed by atoms with Crippen LogP contribution in [0.15, 0.2) is 59.5 Å². The highest BCUT2D eigenvalue weighted by atomic mass is 32.2. The smallest absolute Gasteiger partial charge is 0.196 e. The summed E-state index contributed by atoms with van der Waals surface area (Å²) in [6, 6.07) is 17.0. The maximum absolute atomic E-state index is 13.6. The number of thioether (sulfide) groups is 1. The van der Waals surface area contributed by atoms with E-state index < -0.39 is 0 Å². The summed E-state index contributed by atoms with van der Waals surface area (Å²) in [4.78, 5) is 28.2. The van der Waals surface area contributed by atoms with Gasteiger partial charge in [0.2, 0.25) is 0 Å². The third-order valence-electron chi connectivity index (χ3n) is 8.60. The van der Waals surface area contributed by atoms with Crippen molar-refractivity contribution in [2.45, 2.75) is 114 Å². The first-order valence-corrected chi connectivity index (χ1v) is 17.2. The summed E-state index contributed by atoms with van der Waals surface area (Å²) in [6.45, 7) is 6.35. The average molecular weight is 600 g/mol. The van der Waals surface area contributed by atoms with Crippen LogP contribution in [-0.2, 0) is 0 Å². The molecule has 43 heavy (non-hydrogen) atoms. The van der Waals surface area contributed by atoms with Gasteiger partial charge in [-0.25, -0.2) is 0 Å². The molecule has 6 heteroatoms. The van der Waals surface area contributed by atoms with Crippen molar-refractivity contribution < 1.29 is 9.59 Å². The minimum absolute atomic E-state index is 0.165. The second-order valence-electron chi connectivity index (χ2n) is 11.8. The normalized spacial score (nSPS) is 13.0. The maximum Gasteiger partial charge on any atom is 0.196 e. The number of nitrogens with two attached hydrogens (primary N) is 1. The molecule has 0 fully saturated rings. The maximum atomic E-state index is 13.6. The van der Waals surface area contributed by atoms with E-state index >= 15 is 0 Å². The number of nitrogen functional groups attached to an aromatic ring is 1. The second-order valence-corrected chi connectivity index (χ2v) is 13.2. The van der Waals surface area contributed by atoms with Gasteiger partial charge in [0.15, 0.2) is 11.6 Å². The van der Waals surface area contributed by atoms with Crippen molar-refractivity contribution in [2.75, 3.05) is 16.6 Å². The molecule has 1 aliphatic carbocycles. The Hall–Kier alpha value is -3.25. The van der Waals surface area contributed by atoms with Crippen LogP contribution in [0.25, 0.3) is 0 Å². The zero-order valence-corrected chi connectivity index (χ0v) is 27.1. The lowest BCUT2D eigenvalue weighted by molar-refractivity contribution is 0.0979. The molecule has 0 saturated heterocycles. The highest BCUT2D eigenvalue weighted by Crippen LogP contribution is 2.38. The largest absolute Gasteiger partial charge is 0.398 e. The minimum Gasteiger partial charge on any atom is -0.398 e. The quantitative estimate of drug-likeness (QED) is 0.0457. The van der Waals surface area contributed by atoms with Crippen molar-refractivity contribution in [1.82, 2.24) is 0 Å². The van der Waals surface area contributed by atoms with Gasteiger partial charge in [0.1, 0.15) is 0 Å². The summed E-state index contributed by atoms with van der Waals surface area (Å²) in [7, 11) is 0. The van der Waals surface area contributed by atoms with Crippen molar-refractivity contribution in [3.05, 3.63) is 82.4 Å². The molecule has 4 N–H and O–H groups in total. The SMILES string of the molecule is CCCCCCCCCCCCCC(CC)Sc1ccccc1NNc1cc(N)c(C)c2c1C(=O)c1ccccc1C2=O. The Kier molecular flexibility index (Phi) is 12.6. The molecule has 3 aromatic rings. The number of hydrogen-bond acceptors (Lipinski definition) is 6. The van der Waals surface area contributed by atoms with Crippen molar-refractivity contribution in [2.24, 2.45) is 0 Å². The van der Waals surface area contributed by atoms with Crippen LogP contribution in [0.3, 0.4) is 0 Å². The lowest BCUT2D eigenvalue weighted by atomic mass is 9.81. The Bertz CT molecular complexity index is 1390. The minimum atomic E-state index is -0.168. The second kappa shape index (κ2) is 16.6. The van der Waals surface area contributed by atoms with E-state index in [4.69, 9.17) is 5.73 Å². The number of carbonyl (C=O) groups is 2. The fourth-order valence-corrected chi connectivity index (χ4v) is 7.15. The lowest BCUT2D eigenvalue weighted by Crippen LogP contribution is -2.25. The van der Waals surface area contributed by atoms with Gasteiger partial charge < -0.3 is 11.2 Å². The lowest BCUT2D eigenvalue weighted by Gasteiger charge is -2.24. The Morgan fingerprint density at radius 2 is 1.23 bits per heavy atom. The molecular weight excluding hydrogens is 550 g/mol. The summed E-state index contributed by atoms with van der Waals surface area (Å²) in [5, 5.41) is 0.542. The highest BCUT2D eigenvalue weighted by Gasteiger charge is 2.33. The molecular formula is C37H49N3O2S. The fraction of sp³-hybridized carbons (Fsp3) is 0.459. The summed E-state index contributed by atoms with van der Waals surface area (Å²) in [6.07, 6.45) is 17.3. The number of ketones is 2. The third kappa shape index (κ3) is 8.44. The molecule has 230 valence electrons. The van der Waals surface area contributed by atoms with Crippen LogP contribution in [0.5, 0.6) is 0 Å². The first-order valence-electron chi connectivity index (χ1n) is 16.3. The van der Waals surface area contributed by atoms with Crippen LogP contribution in [-0.4, -0.2) is 16.8 Å². The van der Waals surface area contributed by atoms with Crippen LogP contribution in [0.1, 0.15) is 135 Å². The van der Waals surface area contributed by atoms with Crippen molar-refractivity contribution in [3.8, 4) is 0 Å². The van der Waals surface area contributed by atoms with Gasteiger partial charge in [0, 0.05) is 32.5 Å². The van der Waals surface area contributed by atoms with Gasteiger partial charge in [-0.15, -0.1) is 11.8 Å². The van der Waals surface area contributed by atoms with E-state index in [2.05, 4.69) is 36.8 Å². The number of unbranched alkanes of at least 4 members (excludes halogenated alkanes) is 10. The highest BCUT2D eigenvalue weighted by molar-refractivity contribution is 8.00. The van der Waals surface area contributed by atoms with Crippen molar-refractivity contribution in [3.63, 3.8) is 0 Å². The Morgan fingerprint density at radius 1 is 0.698 bits per heavy atom. The summed E-state index contributed by atoms with van der Waals surface area (Å²) < 4.78 is 0. The van der Waals surface area contributed by atoms with E-state index in [1.54, 1.807) is 37.3 Å². The molecule has 1 aliphatic rings. The van der Waals surface area contributed by atoms with Crippen LogP contribution in [0, 0.1) is 6.92 Å². The van der Waals surface area contributed by atoms with Gasteiger partial charge >= 0.3 is 0 Å². The van der Waals surface area contributed by atoms with Crippen molar-refractivity contribution >= 4 is 40.4 Å². The summed E-state index contributed by atoms with van der Waals surface area (Å²) >= 11 is 1.91. The van der Waals surface area contributed by atoms with Gasteiger partial charge in [-0.1, -0.05) is 121 Å². The molecule has 0 heterocycles. The molecule has 0 bridgehead atoms. The van der Waals surface area contributed by atoms with E-state index in [0.29, 0.717) is 44.4 Å². The molecule has 0 aromatic heterocycles. The van der Waals surface area contributed by atoms with Crippen LogP contribution in [0.2, 0.25) is 0 Å². The molecule has 1 unspecified atom stereocenters. The number of anilines is 3. The van der Waals surface area contributed by atoms with Gasteiger partial charge in [-0.3, -0.25) is 15.0 Å². The monoisotopic (exact) mass is 599 g/mol. The fourth-order valence-electron chi connectivity index (χ4n) is 5.94. The molecule has 3 aromatic carbocycles. The first-order chi connectivity index (χ1) is 21.0. The molecule has 0 saturated carbocycles. The zero-order chi connectivity index (χ0) is 30.6. The van der Waals surface area contributed by atoms with Gasteiger partial charge in [-0.05, 0) is 43.5 Å². The van der Waals surface area contributed by atoms with Gasteiger partial charge in [0.05, 0.1) is 16.9 Å². The standard InChI is InChI=1S/C37H49N3O2S/c1-4-6-7-8-9-10-11-12-13-14-15-20-27(5-2)43-33-24-19-18-23-31(33)39-40-32-25-30(38)26(3)34-35(32)37(42)29-22-17-16-21-28(29)36(34)41/h16-19,21-25,27,39-40H,4-15,20,38H2,1-3H3. The molecule has 0 radical (unpaired) electrons. The first kappa shape index (κ1) is 32.7. The van der Waals surface area contributed by atoms with Gasteiger partial charge in [-0.2, -0.15) is 0 Å². The van der Waals surface area contributed by atoms with E-state index in [1.165, 1.54) is 77.0 Å². The Morgan fingerprint density at radius 3 is 1.86 bits per heavy atom. The molecule has 0 amide bonds. The molecule has 4 rings (SSSR count). The molecule has 5 nitrogen and oxygen atoms in total. The number of nitrogens with one attached hydrogen (secondary N) is 2. The average Bonchev–Trinajstić information content (AvgIpc) is 3.02. The number of carbonyl (C=O) groups excluding carboxylic acids is 2. The Balaban J connectivity index is 1.34.